The van der Waals surface area contributed by atoms with E-state index in [1.807, 2.05) is 12.1 Å². The minimum atomic E-state index is -0.393. The normalized spacial score (nSPS) is 11.3. The van der Waals surface area contributed by atoms with Gasteiger partial charge in [0.1, 0.15) is 0 Å². The summed E-state index contributed by atoms with van der Waals surface area (Å²) >= 11 is 0. The SMILES string of the molecule is CC(C)c1ccc(C(=O)CCOC(=O)c2ccccc2)c(C(C)C)c1C(C)C. The van der Waals surface area contributed by atoms with Gasteiger partial charge < -0.3 is 4.74 Å². The van der Waals surface area contributed by atoms with Gasteiger partial charge in [0.15, 0.2) is 5.78 Å². The quantitative estimate of drug-likeness (QED) is 0.388. The zero-order valence-corrected chi connectivity index (χ0v) is 17.9. The van der Waals surface area contributed by atoms with Crippen molar-refractivity contribution in [1.29, 1.82) is 0 Å². The molecule has 0 aliphatic rings. The molecule has 0 saturated carbocycles. The Labute approximate surface area is 169 Å². The summed E-state index contributed by atoms with van der Waals surface area (Å²) in [6.45, 7) is 13.1. The lowest BCUT2D eigenvalue weighted by Crippen LogP contribution is -2.15. The van der Waals surface area contributed by atoms with Gasteiger partial charge in [0.2, 0.25) is 0 Å². The molecule has 0 amide bonds. The number of Topliss-reactive ketones (excluding diaryl/α,β-unsaturated/α-hetero) is 1. The summed E-state index contributed by atoms with van der Waals surface area (Å²) in [5.74, 6) is 0.642. The Hall–Kier alpha value is -2.42. The van der Waals surface area contributed by atoms with Crippen molar-refractivity contribution < 1.29 is 14.3 Å². The fraction of sp³-hybridized carbons (Fsp3) is 0.440. The van der Waals surface area contributed by atoms with Gasteiger partial charge in [-0.05, 0) is 46.6 Å². The summed E-state index contributed by atoms with van der Waals surface area (Å²) in [7, 11) is 0. The lowest BCUT2D eigenvalue weighted by atomic mass is 9.79. The zero-order valence-electron chi connectivity index (χ0n) is 17.9. The number of benzene rings is 2. The maximum Gasteiger partial charge on any atom is 0.338 e. The van der Waals surface area contributed by atoms with E-state index >= 15 is 0 Å². The van der Waals surface area contributed by atoms with Crippen molar-refractivity contribution >= 4 is 11.8 Å². The lowest BCUT2D eigenvalue weighted by molar-refractivity contribution is 0.0496. The van der Waals surface area contributed by atoms with Crippen LogP contribution in [-0.2, 0) is 4.74 Å². The average molecular weight is 381 g/mol. The van der Waals surface area contributed by atoms with E-state index in [1.54, 1.807) is 24.3 Å². The first kappa shape index (κ1) is 21.9. The summed E-state index contributed by atoms with van der Waals surface area (Å²) in [5.41, 5.74) is 5.00. The maximum absolute atomic E-state index is 13.0. The number of carbonyl (C=O) groups excluding carboxylic acids is 2. The van der Waals surface area contributed by atoms with Crippen LogP contribution in [0.25, 0.3) is 0 Å². The summed E-state index contributed by atoms with van der Waals surface area (Å²) < 4.78 is 5.30. The molecule has 150 valence electrons. The van der Waals surface area contributed by atoms with Gasteiger partial charge in [0.25, 0.3) is 0 Å². The number of hydrogen-bond acceptors (Lipinski definition) is 3. The van der Waals surface area contributed by atoms with Gasteiger partial charge in [0.05, 0.1) is 12.2 Å². The van der Waals surface area contributed by atoms with Crippen molar-refractivity contribution in [3.05, 3.63) is 70.3 Å². The monoisotopic (exact) mass is 380 g/mol. The topological polar surface area (TPSA) is 43.4 Å². The number of hydrogen-bond donors (Lipinski definition) is 0. The third-order valence-corrected chi connectivity index (χ3v) is 4.97. The van der Waals surface area contributed by atoms with E-state index in [-0.39, 0.29) is 24.7 Å². The number of ketones is 1. The molecule has 0 saturated heterocycles. The molecule has 0 radical (unpaired) electrons. The molecule has 28 heavy (non-hydrogen) atoms. The van der Waals surface area contributed by atoms with Crippen LogP contribution in [0.1, 0.15) is 103 Å². The molecular weight excluding hydrogens is 348 g/mol. The number of rotatable bonds is 8. The number of carbonyl (C=O) groups is 2. The van der Waals surface area contributed by atoms with Crippen LogP contribution in [0.4, 0.5) is 0 Å². The van der Waals surface area contributed by atoms with Crippen LogP contribution in [-0.4, -0.2) is 18.4 Å². The Morgan fingerprint density at radius 1 is 0.786 bits per heavy atom. The van der Waals surface area contributed by atoms with E-state index in [1.165, 1.54) is 11.1 Å². The van der Waals surface area contributed by atoms with Crippen LogP contribution in [0.3, 0.4) is 0 Å². The number of esters is 1. The van der Waals surface area contributed by atoms with Gasteiger partial charge in [-0.2, -0.15) is 0 Å². The van der Waals surface area contributed by atoms with Gasteiger partial charge in [-0.3, -0.25) is 4.79 Å². The van der Waals surface area contributed by atoms with Gasteiger partial charge >= 0.3 is 5.97 Å². The van der Waals surface area contributed by atoms with E-state index in [4.69, 9.17) is 4.74 Å². The second-order valence-corrected chi connectivity index (χ2v) is 8.17. The molecule has 0 fully saturated rings. The molecule has 0 N–H and O–H groups in total. The summed E-state index contributed by atoms with van der Waals surface area (Å²) in [6.07, 6.45) is 0.191. The van der Waals surface area contributed by atoms with Crippen molar-refractivity contribution in [2.24, 2.45) is 0 Å². The van der Waals surface area contributed by atoms with Crippen LogP contribution in [0, 0.1) is 0 Å². The fourth-order valence-electron chi connectivity index (χ4n) is 3.69. The van der Waals surface area contributed by atoms with E-state index in [0.29, 0.717) is 17.4 Å². The third kappa shape index (κ3) is 5.09. The molecule has 0 aliphatic carbocycles. The van der Waals surface area contributed by atoms with Gasteiger partial charge in [-0.15, -0.1) is 0 Å². The molecule has 0 unspecified atom stereocenters. The first-order valence-corrected chi connectivity index (χ1v) is 10.2. The van der Waals surface area contributed by atoms with Gasteiger partial charge in [0, 0.05) is 12.0 Å². The molecule has 0 heterocycles. The summed E-state index contributed by atoms with van der Waals surface area (Å²) in [5, 5.41) is 0. The van der Waals surface area contributed by atoms with Crippen molar-refractivity contribution in [2.75, 3.05) is 6.61 Å². The van der Waals surface area contributed by atoms with Crippen LogP contribution in [0.2, 0.25) is 0 Å². The first-order valence-electron chi connectivity index (χ1n) is 10.2. The highest BCUT2D eigenvalue weighted by molar-refractivity contribution is 5.98. The second kappa shape index (κ2) is 9.68. The highest BCUT2D eigenvalue weighted by Gasteiger charge is 2.23. The van der Waals surface area contributed by atoms with Crippen LogP contribution >= 0.6 is 0 Å². The summed E-state index contributed by atoms with van der Waals surface area (Å²) in [6, 6.07) is 12.9. The third-order valence-electron chi connectivity index (χ3n) is 4.97. The van der Waals surface area contributed by atoms with Crippen LogP contribution < -0.4 is 0 Å². The van der Waals surface area contributed by atoms with E-state index in [0.717, 1.165) is 11.1 Å². The minimum absolute atomic E-state index is 0.0294. The molecule has 0 spiro atoms. The highest BCUT2D eigenvalue weighted by Crippen LogP contribution is 2.36. The predicted molar refractivity (Wildman–Crippen MR) is 114 cm³/mol. The van der Waals surface area contributed by atoms with Gasteiger partial charge in [-0.25, -0.2) is 4.79 Å². The van der Waals surface area contributed by atoms with Crippen molar-refractivity contribution in [1.82, 2.24) is 0 Å². The van der Waals surface area contributed by atoms with Gasteiger partial charge in [-0.1, -0.05) is 71.9 Å². The second-order valence-electron chi connectivity index (χ2n) is 8.17. The molecule has 2 aromatic rings. The molecule has 0 bridgehead atoms. The molecule has 3 nitrogen and oxygen atoms in total. The smallest absolute Gasteiger partial charge is 0.338 e. The van der Waals surface area contributed by atoms with Crippen LogP contribution in [0.15, 0.2) is 42.5 Å². The largest absolute Gasteiger partial charge is 0.462 e. The molecular formula is C25H32O3. The molecule has 0 aromatic heterocycles. The summed E-state index contributed by atoms with van der Waals surface area (Å²) in [4.78, 5) is 25.0. The standard InChI is InChI=1S/C25H32O3/c1-16(2)20-12-13-21(24(18(5)6)23(20)17(3)4)22(26)14-15-28-25(27)19-10-8-7-9-11-19/h7-13,16-18H,14-15H2,1-6H3. The first-order chi connectivity index (χ1) is 13.2. The van der Waals surface area contributed by atoms with Crippen molar-refractivity contribution in [3.63, 3.8) is 0 Å². The molecule has 0 atom stereocenters. The number of ether oxygens (including phenoxy) is 1. The fourth-order valence-corrected chi connectivity index (χ4v) is 3.69. The lowest BCUT2D eigenvalue weighted by Gasteiger charge is -2.25. The Morgan fingerprint density at radius 2 is 1.39 bits per heavy atom. The highest BCUT2D eigenvalue weighted by atomic mass is 16.5. The van der Waals surface area contributed by atoms with Crippen molar-refractivity contribution in [3.8, 4) is 0 Å². The van der Waals surface area contributed by atoms with Crippen LogP contribution in [0.5, 0.6) is 0 Å². The average Bonchev–Trinajstić information content (AvgIpc) is 2.66. The zero-order chi connectivity index (χ0) is 20.8. The van der Waals surface area contributed by atoms with Crippen molar-refractivity contribution in [2.45, 2.75) is 65.7 Å². The molecule has 0 aliphatic heterocycles. The Kier molecular flexibility index (Phi) is 7.56. The molecule has 3 heteroatoms. The van der Waals surface area contributed by atoms with E-state index in [2.05, 4.69) is 47.6 Å². The Balaban J connectivity index is 2.20. The van der Waals surface area contributed by atoms with E-state index < -0.39 is 5.97 Å². The maximum atomic E-state index is 13.0. The predicted octanol–water partition coefficient (Wildman–Crippen LogP) is 6.49. The van der Waals surface area contributed by atoms with E-state index in [9.17, 15) is 9.59 Å². The molecule has 2 aromatic carbocycles. The molecule has 2 rings (SSSR count). The minimum Gasteiger partial charge on any atom is -0.462 e. The Morgan fingerprint density at radius 3 is 1.93 bits per heavy atom. The Bertz CT molecular complexity index is 817.